The number of nitrogens with zero attached hydrogens (tertiary/aromatic N) is 1. The van der Waals surface area contributed by atoms with Crippen molar-refractivity contribution in [2.45, 2.75) is 0 Å². The van der Waals surface area contributed by atoms with Gasteiger partial charge in [-0.3, -0.25) is 9.59 Å². The van der Waals surface area contributed by atoms with Crippen LogP contribution in [-0.2, 0) is 4.79 Å². The first-order valence-corrected chi connectivity index (χ1v) is 8.81. The van der Waals surface area contributed by atoms with E-state index in [2.05, 4.69) is 5.32 Å². The monoisotopic (exact) mass is 386 g/mol. The van der Waals surface area contributed by atoms with Gasteiger partial charge in [0.2, 0.25) is 0 Å². The van der Waals surface area contributed by atoms with E-state index in [9.17, 15) is 9.59 Å². The van der Waals surface area contributed by atoms with Gasteiger partial charge < -0.3 is 14.8 Å². The Kier molecular flexibility index (Phi) is 6.23. The highest BCUT2D eigenvalue weighted by Gasteiger charge is 2.17. The Labute approximate surface area is 168 Å². The van der Waals surface area contributed by atoms with E-state index in [1.165, 1.54) is 7.11 Å². The van der Waals surface area contributed by atoms with Crippen molar-refractivity contribution in [3.63, 3.8) is 0 Å². The lowest BCUT2D eigenvalue weighted by atomic mass is 10.0. The van der Waals surface area contributed by atoms with Crippen LogP contribution in [0.5, 0.6) is 11.5 Å². The second-order valence-corrected chi connectivity index (χ2v) is 6.09. The highest BCUT2D eigenvalue weighted by molar-refractivity contribution is 6.10. The average Bonchev–Trinajstić information content (AvgIpc) is 2.77. The molecule has 0 atom stereocenters. The number of nitrogens with one attached hydrogen (secondary N) is 1. The molecule has 0 bridgehead atoms. The minimum atomic E-state index is -0.416. The quantitative estimate of drug-likeness (QED) is 0.624. The fraction of sp³-hybridized carbons (Fsp3) is 0.0870. The van der Waals surface area contributed by atoms with Crippen LogP contribution in [0.25, 0.3) is 0 Å². The summed E-state index contributed by atoms with van der Waals surface area (Å²) in [6.07, 6.45) is 0. The van der Waals surface area contributed by atoms with Crippen molar-refractivity contribution in [3.8, 4) is 17.6 Å². The first-order chi connectivity index (χ1) is 14.1. The fourth-order valence-corrected chi connectivity index (χ4v) is 2.69. The zero-order chi connectivity index (χ0) is 20.6. The summed E-state index contributed by atoms with van der Waals surface area (Å²) in [5.41, 5.74) is 1.77. The van der Waals surface area contributed by atoms with Crippen molar-refractivity contribution in [3.05, 3.63) is 89.5 Å². The number of rotatable bonds is 7. The van der Waals surface area contributed by atoms with E-state index in [0.717, 1.165) is 0 Å². The Bertz CT molecular complexity index is 1070. The van der Waals surface area contributed by atoms with Crippen LogP contribution < -0.4 is 14.8 Å². The number of methoxy groups -OCH3 is 1. The number of benzene rings is 3. The van der Waals surface area contributed by atoms with Gasteiger partial charge in [-0.25, -0.2) is 0 Å². The van der Waals surface area contributed by atoms with Crippen LogP contribution in [0.4, 0.5) is 5.69 Å². The molecule has 1 N–H and O–H groups in total. The van der Waals surface area contributed by atoms with Gasteiger partial charge >= 0.3 is 0 Å². The molecule has 0 unspecified atom stereocenters. The average molecular weight is 386 g/mol. The van der Waals surface area contributed by atoms with E-state index < -0.39 is 5.91 Å². The third-order valence-corrected chi connectivity index (χ3v) is 4.10. The molecule has 0 aliphatic rings. The molecule has 29 heavy (non-hydrogen) atoms. The molecule has 0 radical (unpaired) electrons. The normalized spacial score (nSPS) is 9.93. The molecular weight excluding hydrogens is 368 g/mol. The summed E-state index contributed by atoms with van der Waals surface area (Å²) in [5.74, 6) is 0.122. The van der Waals surface area contributed by atoms with Crippen LogP contribution >= 0.6 is 0 Å². The van der Waals surface area contributed by atoms with Crippen molar-refractivity contribution in [2.24, 2.45) is 0 Å². The van der Waals surface area contributed by atoms with Gasteiger partial charge in [0, 0.05) is 17.3 Å². The molecule has 3 aromatic carbocycles. The van der Waals surface area contributed by atoms with Gasteiger partial charge in [0.05, 0.1) is 24.3 Å². The van der Waals surface area contributed by atoms with Gasteiger partial charge in [-0.15, -0.1) is 0 Å². The molecule has 0 saturated carbocycles. The minimum Gasteiger partial charge on any atom is -0.497 e. The molecule has 0 spiro atoms. The molecule has 0 aromatic heterocycles. The highest BCUT2D eigenvalue weighted by atomic mass is 16.5. The Morgan fingerprint density at radius 3 is 2.52 bits per heavy atom. The molecule has 3 aromatic rings. The van der Waals surface area contributed by atoms with Gasteiger partial charge in [0.15, 0.2) is 12.4 Å². The predicted octanol–water partition coefficient (Wildman–Crippen LogP) is 3.82. The lowest BCUT2D eigenvalue weighted by molar-refractivity contribution is -0.118. The summed E-state index contributed by atoms with van der Waals surface area (Å²) in [6.45, 7) is -0.307. The number of anilines is 1. The maximum atomic E-state index is 12.8. The smallest absolute Gasteiger partial charge is 0.262 e. The predicted molar refractivity (Wildman–Crippen MR) is 108 cm³/mol. The van der Waals surface area contributed by atoms with Crippen LogP contribution in [0.15, 0.2) is 72.8 Å². The van der Waals surface area contributed by atoms with Gasteiger partial charge in [0.1, 0.15) is 11.5 Å². The topological polar surface area (TPSA) is 88.4 Å². The summed E-state index contributed by atoms with van der Waals surface area (Å²) in [5, 5.41) is 11.6. The Morgan fingerprint density at radius 1 is 1.00 bits per heavy atom. The van der Waals surface area contributed by atoms with Crippen LogP contribution in [0.1, 0.15) is 21.5 Å². The van der Waals surface area contributed by atoms with Crippen molar-refractivity contribution in [1.29, 1.82) is 5.26 Å². The summed E-state index contributed by atoms with van der Waals surface area (Å²) in [7, 11) is 1.51. The van der Waals surface area contributed by atoms with Crippen molar-refractivity contribution < 1.29 is 19.1 Å². The third-order valence-electron chi connectivity index (χ3n) is 4.10. The number of carbonyl (C=O) groups excluding carboxylic acids is 2. The lowest BCUT2D eigenvalue weighted by Gasteiger charge is -2.13. The molecule has 144 valence electrons. The van der Waals surface area contributed by atoms with E-state index in [-0.39, 0.29) is 18.1 Å². The Hall–Kier alpha value is -4.11. The second kappa shape index (κ2) is 9.20. The minimum absolute atomic E-state index is 0.217. The summed E-state index contributed by atoms with van der Waals surface area (Å²) < 4.78 is 10.8. The van der Waals surface area contributed by atoms with Crippen molar-refractivity contribution in [2.75, 3.05) is 19.0 Å². The number of carbonyl (C=O) groups is 2. The maximum Gasteiger partial charge on any atom is 0.262 e. The molecule has 0 aliphatic carbocycles. The zero-order valence-corrected chi connectivity index (χ0v) is 15.7. The Morgan fingerprint density at radius 2 is 1.79 bits per heavy atom. The maximum absolute atomic E-state index is 12.8. The van der Waals surface area contributed by atoms with Crippen LogP contribution in [0.3, 0.4) is 0 Å². The van der Waals surface area contributed by atoms with E-state index in [1.807, 2.05) is 12.1 Å². The van der Waals surface area contributed by atoms with E-state index in [1.54, 1.807) is 66.7 Å². The highest BCUT2D eigenvalue weighted by Crippen LogP contribution is 2.27. The number of ketones is 1. The first-order valence-electron chi connectivity index (χ1n) is 8.81. The van der Waals surface area contributed by atoms with E-state index >= 15 is 0 Å². The molecule has 0 saturated heterocycles. The van der Waals surface area contributed by atoms with Gasteiger partial charge in [-0.05, 0) is 30.3 Å². The van der Waals surface area contributed by atoms with Crippen molar-refractivity contribution >= 4 is 17.4 Å². The molecular formula is C23H18N2O4. The Balaban J connectivity index is 1.76. The molecule has 6 heteroatoms. The largest absolute Gasteiger partial charge is 0.497 e. The van der Waals surface area contributed by atoms with Gasteiger partial charge in [-0.1, -0.05) is 36.4 Å². The number of hydrogen-bond donors (Lipinski definition) is 1. The van der Waals surface area contributed by atoms with Crippen LogP contribution in [0.2, 0.25) is 0 Å². The third kappa shape index (κ3) is 4.99. The fourth-order valence-electron chi connectivity index (χ4n) is 2.69. The molecule has 0 heterocycles. The SMILES string of the molecule is COc1ccc(C(=O)c2ccccc2)c(OCC(=O)Nc2cccc(C#N)c2)c1. The standard InChI is InChI=1S/C23H18N2O4/c1-28-19-10-11-20(23(27)17-7-3-2-4-8-17)21(13-19)29-15-22(26)25-18-9-5-6-16(12-18)14-24/h2-13H,15H2,1H3,(H,25,26). The summed E-state index contributed by atoms with van der Waals surface area (Å²) >= 11 is 0. The van der Waals surface area contributed by atoms with E-state index in [0.29, 0.717) is 28.1 Å². The molecule has 0 aliphatic heterocycles. The number of ether oxygens (including phenoxy) is 2. The van der Waals surface area contributed by atoms with Crippen molar-refractivity contribution in [1.82, 2.24) is 0 Å². The first kappa shape index (κ1) is 19.6. The van der Waals surface area contributed by atoms with Gasteiger partial charge in [-0.2, -0.15) is 5.26 Å². The summed E-state index contributed by atoms with van der Waals surface area (Å²) in [6, 6.07) is 22.2. The van der Waals surface area contributed by atoms with Gasteiger partial charge in [0.25, 0.3) is 5.91 Å². The molecule has 3 rings (SSSR count). The number of hydrogen-bond acceptors (Lipinski definition) is 5. The number of amides is 1. The molecule has 6 nitrogen and oxygen atoms in total. The second-order valence-electron chi connectivity index (χ2n) is 6.09. The van der Waals surface area contributed by atoms with Crippen LogP contribution in [-0.4, -0.2) is 25.4 Å². The zero-order valence-electron chi connectivity index (χ0n) is 15.7. The van der Waals surface area contributed by atoms with E-state index in [4.69, 9.17) is 14.7 Å². The molecule has 1 amide bonds. The van der Waals surface area contributed by atoms with Crippen LogP contribution in [0, 0.1) is 11.3 Å². The lowest BCUT2D eigenvalue weighted by Crippen LogP contribution is -2.21. The number of nitriles is 1. The molecule has 0 fully saturated rings. The summed E-state index contributed by atoms with van der Waals surface area (Å²) in [4.78, 5) is 25.1.